The largest absolute Gasteiger partial charge is 0.309 e. The van der Waals surface area contributed by atoms with Gasteiger partial charge in [0, 0.05) is 12.7 Å². The zero-order valence-electron chi connectivity index (χ0n) is 15.3. The van der Waals surface area contributed by atoms with Crippen molar-refractivity contribution in [3.05, 3.63) is 56.9 Å². The topological polar surface area (TPSA) is 76.9 Å². The Morgan fingerprint density at radius 1 is 1.29 bits per heavy atom. The molecule has 0 fully saturated rings. The van der Waals surface area contributed by atoms with Crippen molar-refractivity contribution in [2.45, 2.75) is 25.5 Å². The van der Waals surface area contributed by atoms with E-state index in [0.29, 0.717) is 27.6 Å². The third-order valence-corrected chi connectivity index (χ3v) is 5.24. The Hall–Kier alpha value is -2.09. The van der Waals surface area contributed by atoms with Gasteiger partial charge < -0.3 is 5.32 Å². The number of benzene rings is 1. The highest BCUT2D eigenvalue weighted by Gasteiger charge is 2.15. The number of hydrogen-bond acceptors (Lipinski definition) is 5. The van der Waals surface area contributed by atoms with E-state index >= 15 is 0 Å². The lowest BCUT2D eigenvalue weighted by atomic mass is 10.2. The maximum Gasteiger partial charge on any atom is 0.262 e. The van der Waals surface area contributed by atoms with Crippen LogP contribution in [0.3, 0.4) is 0 Å². The molecule has 6 nitrogen and oxygen atoms in total. The number of amides is 1. The molecular weight excluding hydrogens is 419 g/mol. The summed E-state index contributed by atoms with van der Waals surface area (Å²) in [5.74, 6) is 0.248. The molecule has 0 bridgehead atoms. The van der Waals surface area contributed by atoms with Crippen molar-refractivity contribution in [3.8, 4) is 0 Å². The first-order chi connectivity index (χ1) is 13.3. The number of halogens is 2. The van der Waals surface area contributed by atoms with Gasteiger partial charge in [0.1, 0.15) is 0 Å². The fourth-order valence-corrected chi connectivity index (χ4v) is 3.82. The third-order valence-electron chi connectivity index (χ3n) is 3.77. The van der Waals surface area contributed by atoms with E-state index in [0.717, 1.165) is 0 Å². The minimum absolute atomic E-state index is 0.0590. The second kappa shape index (κ2) is 8.94. The summed E-state index contributed by atoms with van der Waals surface area (Å²) in [7, 11) is 0. The van der Waals surface area contributed by atoms with Gasteiger partial charge in [-0.15, -0.1) is 0 Å². The van der Waals surface area contributed by atoms with E-state index in [-0.39, 0.29) is 34.0 Å². The van der Waals surface area contributed by atoms with Crippen LogP contribution in [0, 0.1) is 5.92 Å². The number of fused-ring (bicyclic) bond motifs is 1. The number of para-hydroxylation sites is 1. The van der Waals surface area contributed by atoms with Crippen LogP contribution in [0.4, 0.5) is 5.82 Å². The van der Waals surface area contributed by atoms with Crippen LogP contribution in [0.15, 0.2) is 46.5 Å². The van der Waals surface area contributed by atoms with E-state index in [1.807, 2.05) is 26.0 Å². The quantitative estimate of drug-likeness (QED) is 0.455. The highest BCUT2D eigenvalue weighted by atomic mass is 35.5. The molecule has 1 N–H and O–H groups in total. The minimum atomic E-state index is -0.305. The Labute approximate surface area is 176 Å². The minimum Gasteiger partial charge on any atom is -0.309 e. The number of rotatable bonds is 6. The number of nitrogens with zero attached hydrogens (tertiary/aromatic N) is 3. The zero-order valence-corrected chi connectivity index (χ0v) is 17.6. The molecule has 146 valence electrons. The van der Waals surface area contributed by atoms with E-state index in [4.69, 9.17) is 23.2 Å². The first-order valence-electron chi connectivity index (χ1n) is 8.58. The van der Waals surface area contributed by atoms with Crippen LogP contribution >= 0.6 is 35.0 Å². The van der Waals surface area contributed by atoms with Gasteiger partial charge in [0.25, 0.3) is 5.56 Å². The van der Waals surface area contributed by atoms with Gasteiger partial charge in [-0.05, 0) is 24.1 Å². The molecule has 0 spiro atoms. The SMILES string of the molecule is CC(C)Cn1c(SCC(=O)Nc2ncc(Cl)cc2Cl)nc2ccccc2c1=O. The number of hydrogen-bond donors (Lipinski definition) is 1. The van der Waals surface area contributed by atoms with Gasteiger partial charge >= 0.3 is 0 Å². The van der Waals surface area contributed by atoms with Crippen molar-refractivity contribution >= 4 is 57.6 Å². The molecule has 1 amide bonds. The number of nitrogens with one attached hydrogen (secondary N) is 1. The molecule has 0 aliphatic carbocycles. The number of aromatic nitrogens is 3. The molecule has 2 heterocycles. The molecule has 3 rings (SSSR count). The molecule has 0 aliphatic heterocycles. The van der Waals surface area contributed by atoms with Gasteiger partial charge in [-0.2, -0.15) is 0 Å². The van der Waals surface area contributed by atoms with Crippen molar-refractivity contribution < 1.29 is 4.79 Å². The number of thioether (sulfide) groups is 1. The monoisotopic (exact) mass is 436 g/mol. The summed E-state index contributed by atoms with van der Waals surface area (Å²) in [6.45, 7) is 4.57. The average Bonchev–Trinajstić information content (AvgIpc) is 2.65. The fraction of sp³-hybridized carbons (Fsp3) is 0.263. The molecule has 0 atom stereocenters. The lowest BCUT2D eigenvalue weighted by Gasteiger charge is -2.15. The highest BCUT2D eigenvalue weighted by Crippen LogP contribution is 2.23. The van der Waals surface area contributed by atoms with E-state index in [2.05, 4.69) is 15.3 Å². The average molecular weight is 437 g/mol. The summed E-state index contributed by atoms with van der Waals surface area (Å²) in [4.78, 5) is 33.8. The molecule has 0 saturated carbocycles. The van der Waals surface area contributed by atoms with Crippen molar-refractivity contribution in [1.29, 1.82) is 0 Å². The highest BCUT2D eigenvalue weighted by molar-refractivity contribution is 7.99. The number of pyridine rings is 1. The lowest BCUT2D eigenvalue weighted by Crippen LogP contribution is -2.26. The zero-order chi connectivity index (χ0) is 20.3. The van der Waals surface area contributed by atoms with E-state index in [9.17, 15) is 9.59 Å². The first kappa shape index (κ1) is 20.6. The molecule has 0 aliphatic rings. The van der Waals surface area contributed by atoms with Crippen LogP contribution in [0.2, 0.25) is 10.0 Å². The molecule has 3 aromatic rings. The normalized spacial score (nSPS) is 11.2. The molecule has 9 heteroatoms. The summed E-state index contributed by atoms with van der Waals surface area (Å²) < 4.78 is 1.62. The predicted octanol–water partition coefficient (Wildman–Crippen LogP) is 4.49. The Morgan fingerprint density at radius 2 is 2.04 bits per heavy atom. The number of carbonyl (C=O) groups excluding carboxylic acids is 1. The standard InChI is InChI=1S/C19H18Cl2N4O2S/c1-11(2)9-25-18(27)13-5-3-4-6-15(13)23-19(25)28-10-16(26)24-17-14(21)7-12(20)8-22-17/h3-8,11H,9-10H2,1-2H3,(H,22,24,26). The van der Waals surface area contributed by atoms with Crippen LogP contribution in [-0.2, 0) is 11.3 Å². The second-order valence-corrected chi connectivity index (χ2v) is 8.33. The maximum absolute atomic E-state index is 12.9. The van der Waals surface area contributed by atoms with Crippen molar-refractivity contribution in [3.63, 3.8) is 0 Å². The molecule has 0 unspecified atom stereocenters. The van der Waals surface area contributed by atoms with Gasteiger partial charge in [0.05, 0.1) is 26.7 Å². The van der Waals surface area contributed by atoms with Crippen molar-refractivity contribution in [2.75, 3.05) is 11.1 Å². The maximum atomic E-state index is 12.9. The van der Waals surface area contributed by atoms with E-state index in [1.54, 1.807) is 16.7 Å². The first-order valence-corrected chi connectivity index (χ1v) is 10.3. The second-order valence-electron chi connectivity index (χ2n) is 6.54. The van der Waals surface area contributed by atoms with Crippen LogP contribution in [0.5, 0.6) is 0 Å². The summed E-state index contributed by atoms with van der Waals surface area (Å²) >= 11 is 13.0. The van der Waals surface area contributed by atoms with Crippen LogP contribution < -0.4 is 10.9 Å². The van der Waals surface area contributed by atoms with Gasteiger partial charge in [0.2, 0.25) is 5.91 Å². The van der Waals surface area contributed by atoms with Gasteiger partial charge in [0.15, 0.2) is 11.0 Å². The van der Waals surface area contributed by atoms with Crippen LogP contribution in [-0.4, -0.2) is 26.2 Å². The Bertz CT molecular complexity index is 1090. The van der Waals surface area contributed by atoms with E-state index in [1.165, 1.54) is 24.0 Å². The number of carbonyl (C=O) groups is 1. The molecule has 28 heavy (non-hydrogen) atoms. The molecular formula is C19H18Cl2N4O2S. The van der Waals surface area contributed by atoms with Crippen LogP contribution in [0.1, 0.15) is 13.8 Å². The Kier molecular flexibility index (Phi) is 6.59. The number of anilines is 1. The molecule has 1 aromatic carbocycles. The molecule has 0 radical (unpaired) electrons. The van der Waals surface area contributed by atoms with E-state index < -0.39 is 0 Å². The summed E-state index contributed by atoms with van der Waals surface area (Å²) in [5.41, 5.74) is 0.502. The van der Waals surface area contributed by atoms with Crippen molar-refractivity contribution in [1.82, 2.24) is 14.5 Å². The van der Waals surface area contributed by atoms with Gasteiger partial charge in [-0.1, -0.05) is 60.9 Å². The lowest BCUT2D eigenvalue weighted by molar-refractivity contribution is -0.113. The van der Waals surface area contributed by atoms with Crippen molar-refractivity contribution in [2.24, 2.45) is 5.92 Å². The smallest absolute Gasteiger partial charge is 0.262 e. The summed E-state index contributed by atoms with van der Waals surface area (Å²) in [5, 5.41) is 4.35. The molecule has 2 aromatic heterocycles. The molecule has 0 saturated heterocycles. The predicted molar refractivity (Wildman–Crippen MR) is 114 cm³/mol. The Balaban J connectivity index is 1.82. The van der Waals surface area contributed by atoms with Gasteiger partial charge in [-0.3, -0.25) is 14.2 Å². The third kappa shape index (κ3) is 4.84. The Morgan fingerprint density at radius 3 is 2.75 bits per heavy atom. The summed E-state index contributed by atoms with van der Waals surface area (Å²) in [6, 6.07) is 8.70. The van der Waals surface area contributed by atoms with Gasteiger partial charge in [-0.25, -0.2) is 9.97 Å². The fourth-order valence-electron chi connectivity index (χ4n) is 2.59. The summed E-state index contributed by atoms with van der Waals surface area (Å²) in [6.07, 6.45) is 1.40. The van der Waals surface area contributed by atoms with Crippen LogP contribution in [0.25, 0.3) is 10.9 Å².